The van der Waals surface area contributed by atoms with Gasteiger partial charge in [0.15, 0.2) is 0 Å². The van der Waals surface area contributed by atoms with Crippen molar-refractivity contribution in [3.05, 3.63) is 29.8 Å². The SMILES string of the molecule is CC1CC(NC(=O)Cc2ccc(OC(F)F)cc2)CCN1.Cl. The Balaban J connectivity index is 0.00000242. The van der Waals surface area contributed by atoms with Crippen LogP contribution in [-0.4, -0.2) is 31.1 Å². The summed E-state index contributed by atoms with van der Waals surface area (Å²) < 4.78 is 28.3. The molecule has 1 heterocycles. The van der Waals surface area contributed by atoms with Gasteiger partial charge in [-0.2, -0.15) is 8.78 Å². The summed E-state index contributed by atoms with van der Waals surface area (Å²) in [5.74, 6) is 0.0537. The number of halogens is 3. The van der Waals surface area contributed by atoms with Crippen LogP contribution in [0.15, 0.2) is 24.3 Å². The van der Waals surface area contributed by atoms with Gasteiger partial charge in [0, 0.05) is 12.1 Å². The average Bonchev–Trinajstić information content (AvgIpc) is 2.40. The highest BCUT2D eigenvalue weighted by atomic mass is 35.5. The molecule has 0 bridgehead atoms. The lowest BCUT2D eigenvalue weighted by Gasteiger charge is -2.28. The zero-order valence-electron chi connectivity index (χ0n) is 12.4. The zero-order chi connectivity index (χ0) is 15.2. The first-order chi connectivity index (χ1) is 10.0. The molecule has 2 N–H and O–H groups in total. The summed E-state index contributed by atoms with van der Waals surface area (Å²) in [6, 6.07) is 6.76. The quantitative estimate of drug-likeness (QED) is 0.870. The minimum Gasteiger partial charge on any atom is -0.435 e. The summed E-state index contributed by atoms with van der Waals surface area (Å²) >= 11 is 0. The monoisotopic (exact) mass is 334 g/mol. The Hall–Kier alpha value is -1.40. The van der Waals surface area contributed by atoms with Crippen molar-refractivity contribution in [1.29, 1.82) is 0 Å². The van der Waals surface area contributed by atoms with Crippen molar-refractivity contribution < 1.29 is 18.3 Å². The van der Waals surface area contributed by atoms with E-state index in [4.69, 9.17) is 0 Å². The minimum atomic E-state index is -2.83. The van der Waals surface area contributed by atoms with Gasteiger partial charge in [-0.3, -0.25) is 4.79 Å². The largest absolute Gasteiger partial charge is 0.435 e. The van der Waals surface area contributed by atoms with Gasteiger partial charge >= 0.3 is 6.61 Å². The number of carbonyl (C=O) groups is 1. The van der Waals surface area contributed by atoms with E-state index < -0.39 is 6.61 Å². The second-order valence-electron chi connectivity index (χ2n) is 5.34. The number of amides is 1. The van der Waals surface area contributed by atoms with Gasteiger partial charge in [0.1, 0.15) is 5.75 Å². The summed E-state index contributed by atoms with van der Waals surface area (Å²) in [6.07, 6.45) is 2.09. The van der Waals surface area contributed by atoms with Crippen LogP contribution >= 0.6 is 12.4 Å². The van der Waals surface area contributed by atoms with E-state index in [1.165, 1.54) is 12.1 Å². The van der Waals surface area contributed by atoms with E-state index >= 15 is 0 Å². The van der Waals surface area contributed by atoms with Crippen molar-refractivity contribution >= 4 is 18.3 Å². The van der Waals surface area contributed by atoms with Gasteiger partial charge in [0.2, 0.25) is 5.91 Å². The second-order valence-corrected chi connectivity index (χ2v) is 5.34. The molecule has 0 spiro atoms. The third-order valence-corrected chi connectivity index (χ3v) is 3.50. The number of hydrogen-bond donors (Lipinski definition) is 2. The van der Waals surface area contributed by atoms with E-state index in [0.29, 0.717) is 6.04 Å². The molecule has 1 saturated heterocycles. The fourth-order valence-corrected chi connectivity index (χ4v) is 2.52. The Bertz CT molecular complexity index is 471. The van der Waals surface area contributed by atoms with Crippen LogP contribution in [0.25, 0.3) is 0 Å². The molecule has 1 fully saturated rings. The van der Waals surface area contributed by atoms with Crippen molar-refractivity contribution in [2.45, 2.75) is 44.9 Å². The minimum absolute atomic E-state index is 0. The number of nitrogens with one attached hydrogen (secondary N) is 2. The number of alkyl halides is 2. The average molecular weight is 335 g/mol. The Kier molecular flexibility index (Phi) is 7.55. The summed E-state index contributed by atoms with van der Waals surface area (Å²) in [5.41, 5.74) is 0.774. The normalized spacial score (nSPS) is 21.1. The Morgan fingerprint density at radius 3 is 2.68 bits per heavy atom. The topological polar surface area (TPSA) is 50.4 Å². The molecule has 1 aromatic rings. The molecule has 7 heteroatoms. The van der Waals surface area contributed by atoms with E-state index in [2.05, 4.69) is 22.3 Å². The molecule has 22 heavy (non-hydrogen) atoms. The summed E-state index contributed by atoms with van der Waals surface area (Å²) in [4.78, 5) is 12.0. The summed E-state index contributed by atoms with van der Waals surface area (Å²) in [6.45, 7) is 0.173. The smallest absolute Gasteiger partial charge is 0.387 e. The van der Waals surface area contributed by atoms with Gasteiger partial charge in [-0.1, -0.05) is 12.1 Å². The molecule has 2 atom stereocenters. The van der Waals surface area contributed by atoms with Crippen LogP contribution in [0.3, 0.4) is 0 Å². The van der Waals surface area contributed by atoms with Gasteiger partial charge in [0.25, 0.3) is 0 Å². The van der Waals surface area contributed by atoms with Gasteiger partial charge in [-0.05, 0) is 44.0 Å². The fraction of sp³-hybridized carbons (Fsp3) is 0.533. The highest BCUT2D eigenvalue weighted by Crippen LogP contribution is 2.15. The first-order valence-electron chi connectivity index (χ1n) is 7.09. The highest BCUT2D eigenvalue weighted by molar-refractivity contribution is 5.85. The number of ether oxygens (including phenoxy) is 1. The third kappa shape index (κ3) is 6.15. The van der Waals surface area contributed by atoms with Crippen LogP contribution in [0.4, 0.5) is 8.78 Å². The summed E-state index contributed by atoms with van der Waals surface area (Å²) in [5, 5.41) is 6.34. The highest BCUT2D eigenvalue weighted by Gasteiger charge is 2.19. The van der Waals surface area contributed by atoms with Crippen molar-refractivity contribution in [3.8, 4) is 5.75 Å². The van der Waals surface area contributed by atoms with Gasteiger partial charge in [-0.15, -0.1) is 12.4 Å². The Morgan fingerprint density at radius 2 is 2.09 bits per heavy atom. The number of hydrogen-bond acceptors (Lipinski definition) is 3. The maximum absolute atomic E-state index is 12.0. The zero-order valence-corrected chi connectivity index (χ0v) is 13.2. The van der Waals surface area contributed by atoms with Gasteiger partial charge < -0.3 is 15.4 Å². The standard InChI is InChI=1S/C15H20F2N2O2.ClH/c1-10-8-12(6-7-18-10)19-14(20)9-11-2-4-13(5-3-11)21-15(16)17;/h2-5,10,12,15,18H,6-9H2,1H3,(H,19,20);1H. The first kappa shape index (κ1) is 18.6. The van der Waals surface area contributed by atoms with E-state index in [1.807, 2.05) is 0 Å². The van der Waals surface area contributed by atoms with Crippen LogP contribution in [0, 0.1) is 0 Å². The Labute approximate surface area is 135 Å². The summed E-state index contributed by atoms with van der Waals surface area (Å²) in [7, 11) is 0. The van der Waals surface area contributed by atoms with E-state index in [1.54, 1.807) is 12.1 Å². The van der Waals surface area contributed by atoms with Crippen LogP contribution < -0.4 is 15.4 Å². The molecule has 0 radical (unpaired) electrons. The number of carbonyl (C=O) groups excluding carboxylic acids is 1. The lowest BCUT2D eigenvalue weighted by molar-refractivity contribution is -0.121. The predicted octanol–water partition coefficient (Wildman–Crippen LogP) is 2.51. The first-order valence-corrected chi connectivity index (χ1v) is 7.09. The molecule has 2 rings (SSSR count). The second kappa shape index (κ2) is 8.90. The number of rotatable bonds is 5. The Morgan fingerprint density at radius 1 is 1.41 bits per heavy atom. The molecule has 4 nitrogen and oxygen atoms in total. The van der Waals surface area contributed by atoms with Gasteiger partial charge in [-0.25, -0.2) is 0 Å². The lowest BCUT2D eigenvalue weighted by Crippen LogP contribution is -2.46. The van der Waals surface area contributed by atoms with Crippen LogP contribution in [0.1, 0.15) is 25.3 Å². The molecule has 1 aromatic carbocycles. The maximum Gasteiger partial charge on any atom is 0.387 e. The number of piperidine rings is 1. The maximum atomic E-state index is 12.0. The van der Waals surface area contributed by atoms with Crippen LogP contribution in [0.2, 0.25) is 0 Å². The molecule has 1 amide bonds. The predicted molar refractivity (Wildman–Crippen MR) is 82.7 cm³/mol. The molecular formula is C15H21ClF2N2O2. The van der Waals surface area contributed by atoms with Crippen LogP contribution in [0.5, 0.6) is 5.75 Å². The molecule has 1 aliphatic heterocycles. The van der Waals surface area contributed by atoms with Crippen molar-refractivity contribution in [1.82, 2.24) is 10.6 Å². The van der Waals surface area contributed by atoms with E-state index in [9.17, 15) is 13.6 Å². The van der Waals surface area contributed by atoms with Crippen molar-refractivity contribution in [2.24, 2.45) is 0 Å². The molecule has 1 aliphatic rings. The lowest BCUT2D eigenvalue weighted by atomic mass is 10.0. The molecular weight excluding hydrogens is 314 g/mol. The van der Waals surface area contributed by atoms with Crippen molar-refractivity contribution in [3.63, 3.8) is 0 Å². The molecule has 0 aliphatic carbocycles. The molecule has 0 saturated carbocycles. The van der Waals surface area contributed by atoms with E-state index in [0.717, 1.165) is 24.9 Å². The molecule has 2 unspecified atom stereocenters. The van der Waals surface area contributed by atoms with Crippen LogP contribution in [-0.2, 0) is 11.2 Å². The number of benzene rings is 1. The third-order valence-electron chi connectivity index (χ3n) is 3.50. The van der Waals surface area contributed by atoms with Crippen molar-refractivity contribution in [2.75, 3.05) is 6.54 Å². The molecule has 0 aromatic heterocycles. The van der Waals surface area contributed by atoms with E-state index in [-0.39, 0.29) is 36.5 Å². The molecule has 124 valence electrons. The van der Waals surface area contributed by atoms with Gasteiger partial charge in [0.05, 0.1) is 6.42 Å². The fourth-order valence-electron chi connectivity index (χ4n) is 2.52.